The predicted octanol–water partition coefficient (Wildman–Crippen LogP) is 1.36. The highest BCUT2D eigenvalue weighted by Gasteiger charge is 1.97. The minimum Gasteiger partial charge on any atom is -0.383 e. The van der Waals surface area contributed by atoms with Crippen LogP contribution in [0.2, 0.25) is 0 Å². The minimum atomic E-state index is 0.719. The van der Waals surface area contributed by atoms with Gasteiger partial charge in [-0.05, 0) is 6.07 Å². The van der Waals surface area contributed by atoms with Crippen molar-refractivity contribution in [2.24, 2.45) is 0 Å². The lowest BCUT2D eigenvalue weighted by Crippen LogP contribution is -2.17. The molecule has 1 N–H and O–H groups in total. The Kier molecular flexibility index (Phi) is 4.47. The van der Waals surface area contributed by atoms with E-state index in [9.17, 15) is 0 Å². The summed E-state index contributed by atoms with van der Waals surface area (Å²) in [6, 6.07) is 4.01. The van der Waals surface area contributed by atoms with Gasteiger partial charge in [-0.2, -0.15) is 5.26 Å². The maximum Gasteiger partial charge on any atom is 0.100 e. The largest absolute Gasteiger partial charge is 0.383 e. The summed E-state index contributed by atoms with van der Waals surface area (Å²) in [6.07, 6.45) is 0. The zero-order valence-corrected chi connectivity index (χ0v) is 8.36. The molecule has 0 fully saturated rings. The molecule has 0 spiro atoms. The monoisotopic (exact) mass is 196 g/mol. The molecule has 0 amide bonds. The zero-order valence-electron chi connectivity index (χ0n) is 7.54. The van der Waals surface area contributed by atoms with Crippen molar-refractivity contribution in [1.82, 2.24) is 5.32 Å². The smallest absolute Gasteiger partial charge is 0.100 e. The van der Waals surface area contributed by atoms with Crippen molar-refractivity contribution in [2.75, 3.05) is 20.3 Å². The summed E-state index contributed by atoms with van der Waals surface area (Å²) < 4.78 is 4.89. The molecule has 3 nitrogen and oxygen atoms in total. The number of thiophene rings is 1. The van der Waals surface area contributed by atoms with Crippen molar-refractivity contribution in [3.63, 3.8) is 0 Å². The molecule has 1 aromatic heterocycles. The van der Waals surface area contributed by atoms with Gasteiger partial charge < -0.3 is 10.1 Å². The molecule has 0 atom stereocenters. The van der Waals surface area contributed by atoms with Crippen LogP contribution in [0.25, 0.3) is 0 Å². The van der Waals surface area contributed by atoms with E-state index in [-0.39, 0.29) is 0 Å². The van der Waals surface area contributed by atoms with Crippen LogP contribution in [0.5, 0.6) is 0 Å². The number of hydrogen-bond acceptors (Lipinski definition) is 4. The van der Waals surface area contributed by atoms with Gasteiger partial charge in [-0.25, -0.2) is 0 Å². The lowest BCUT2D eigenvalue weighted by atomic mass is 10.3. The molecular formula is C9H12N2OS. The SMILES string of the molecule is COCCNCc1cc(C#N)cs1. The minimum absolute atomic E-state index is 0.719. The van der Waals surface area contributed by atoms with Crippen LogP contribution in [0, 0.1) is 11.3 Å². The average Bonchev–Trinajstić information content (AvgIpc) is 2.60. The van der Waals surface area contributed by atoms with E-state index in [2.05, 4.69) is 11.4 Å². The molecule has 0 unspecified atom stereocenters. The summed E-state index contributed by atoms with van der Waals surface area (Å²) in [6.45, 7) is 2.38. The van der Waals surface area contributed by atoms with Crippen LogP contribution in [0.1, 0.15) is 10.4 Å². The molecule has 0 aromatic carbocycles. The Bertz CT molecular complexity index is 290. The number of rotatable bonds is 5. The first-order valence-electron chi connectivity index (χ1n) is 4.04. The highest BCUT2D eigenvalue weighted by molar-refractivity contribution is 7.10. The fourth-order valence-corrected chi connectivity index (χ4v) is 1.70. The normalized spacial score (nSPS) is 9.85. The van der Waals surface area contributed by atoms with E-state index in [0.717, 1.165) is 25.3 Å². The molecule has 4 heteroatoms. The summed E-state index contributed by atoms with van der Waals surface area (Å²) in [7, 11) is 1.68. The van der Waals surface area contributed by atoms with Crippen LogP contribution < -0.4 is 5.32 Å². The van der Waals surface area contributed by atoms with Crippen LogP contribution in [0.15, 0.2) is 11.4 Å². The first kappa shape index (κ1) is 10.2. The summed E-state index contributed by atoms with van der Waals surface area (Å²) in [5.74, 6) is 0. The van der Waals surface area contributed by atoms with E-state index in [0.29, 0.717) is 0 Å². The maximum absolute atomic E-state index is 8.58. The molecule has 0 radical (unpaired) electrons. The van der Waals surface area contributed by atoms with E-state index in [4.69, 9.17) is 10.00 Å². The Morgan fingerprint density at radius 3 is 3.15 bits per heavy atom. The summed E-state index contributed by atoms with van der Waals surface area (Å²) in [5, 5.41) is 13.7. The molecule has 0 aliphatic rings. The summed E-state index contributed by atoms with van der Waals surface area (Å²) >= 11 is 1.61. The highest BCUT2D eigenvalue weighted by atomic mass is 32.1. The lowest BCUT2D eigenvalue weighted by molar-refractivity contribution is 0.199. The zero-order chi connectivity index (χ0) is 9.52. The van der Waals surface area contributed by atoms with Gasteiger partial charge in [-0.3, -0.25) is 0 Å². The third kappa shape index (κ3) is 3.55. The Hall–Kier alpha value is -0.890. The van der Waals surface area contributed by atoms with Crippen molar-refractivity contribution in [3.8, 4) is 6.07 Å². The molecule has 0 saturated heterocycles. The van der Waals surface area contributed by atoms with Gasteiger partial charge in [0.1, 0.15) is 6.07 Å². The fraction of sp³-hybridized carbons (Fsp3) is 0.444. The lowest BCUT2D eigenvalue weighted by Gasteiger charge is -2.00. The van der Waals surface area contributed by atoms with E-state index in [1.807, 2.05) is 11.4 Å². The van der Waals surface area contributed by atoms with Gasteiger partial charge in [0.25, 0.3) is 0 Å². The Morgan fingerprint density at radius 1 is 1.69 bits per heavy atom. The Balaban J connectivity index is 2.25. The van der Waals surface area contributed by atoms with Gasteiger partial charge in [0.15, 0.2) is 0 Å². The molecule has 13 heavy (non-hydrogen) atoms. The fourth-order valence-electron chi connectivity index (χ4n) is 0.918. The molecule has 1 rings (SSSR count). The number of nitrogens with zero attached hydrogens (tertiary/aromatic N) is 1. The number of hydrogen-bond donors (Lipinski definition) is 1. The van der Waals surface area contributed by atoms with Crippen LogP contribution in [-0.4, -0.2) is 20.3 Å². The van der Waals surface area contributed by atoms with Gasteiger partial charge in [0, 0.05) is 30.5 Å². The standard InChI is InChI=1S/C9H12N2OS/c1-12-3-2-11-6-9-4-8(5-10)7-13-9/h4,7,11H,2-3,6H2,1H3. The van der Waals surface area contributed by atoms with Crippen molar-refractivity contribution in [1.29, 1.82) is 5.26 Å². The number of nitrogens with one attached hydrogen (secondary N) is 1. The molecule has 1 heterocycles. The first-order valence-corrected chi connectivity index (χ1v) is 4.92. The predicted molar refractivity (Wildman–Crippen MR) is 52.6 cm³/mol. The second-order valence-electron chi connectivity index (χ2n) is 2.58. The van der Waals surface area contributed by atoms with Crippen molar-refractivity contribution >= 4 is 11.3 Å². The Morgan fingerprint density at radius 2 is 2.54 bits per heavy atom. The number of nitriles is 1. The third-order valence-corrected chi connectivity index (χ3v) is 2.50. The van der Waals surface area contributed by atoms with Crippen LogP contribution in [0.3, 0.4) is 0 Å². The van der Waals surface area contributed by atoms with Gasteiger partial charge in [-0.1, -0.05) is 0 Å². The van der Waals surface area contributed by atoms with Gasteiger partial charge in [0.05, 0.1) is 12.2 Å². The maximum atomic E-state index is 8.58. The molecule has 0 saturated carbocycles. The van der Waals surface area contributed by atoms with Crippen molar-refractivity contribution in [3.05, 3.63) is 21.9 Å². The second kappa shape index (κ2) is 5.70. The van der Waals surface area contributed by atoms with Crippen molar-refractivity contribution < 1.29 is 4.74 Å². The molecular weight excluding hydrogens is 184 g/mol. The topological polar surface area (TPSA) is 45.0 Å². The van der Waals surface area contributed by atoms with Crippen LogP contribution in [-0.2, 0) is 11.3 Å². The Labute approximate surface area is 82.0 Å². The highest BCUT2D eigenvalue weighted by Crippen LogP contribution is 2.12. The second-order valence-corrected chi connectivity index (χ2v) is 3.58. The molecule has 70 valence electrons. The van der Waals surface area contributed by atoms with E-state index < -0.39 is 0 Å². The summed E-state index contributed by atoms with van der Waals surface area (Å²) in [5.41, 5.74) is 0.744. The molecule has 0 aliphatic heterocycles. The molecule has 1 aromatic rings. The molecule has 0 aliphatic carbocycles. The molecule has 0 bridgehead atoms. The van der Waals surface area contributed by atoms with Crippen LogP contribution >= 0.6 is 11.3 Å². The first-order chi connectivity index (χ1) is 6.36. The van der Waals surface area contributed by atoms with Gasteiger partial charge >= 0.3 is 0 Å². The average molecular weight is 196 g/mol. The summed E-state index contributed by atoms with van der Waals surface area (Å²) in [4.78, 5) is 1.19. The van der Waals surface area contributed by atoms with E-state index in [1.165, 1.54) is 4.88 Å². The van der Waals surface area contributed by atoms with Gasteiger partial charge in [0.2, 0.25) is 0 Å². The third-order valence-electron chi connectivity index (χ3n) is 1.57. The van der Waals surface area contributed by atoms with E-state index >= 15 is 0 Å². The number of ether oxygens (including phenoxy) is 1. The van der Waals surface area contributed by atoms with Gasteiger partial charge in [-0.15, -0.1) is 11.3 Å². The van der Waals surface area contributed by atoms with E-state index in [1.54, 1.807) is 18.4 Å². The van der Waals surface area contributed by atoms with Crippen molar-refractivity contribution in [2.45, 2.75) is 6.54 Å². The number of methoxy groups -OCH3 is 1. The quantitative estimate of drug-likeness (QED) is 0.723. The van der Waals surface area contributed by atoms with Crippen LogP contribution in [0.4, 0.5) is 0 Å².